The highest BCUT2D eigenvalue weighted by Crippen LogP contribution is 2.26. The molecule has 0 unspecified atom stereocenters. The van der Waals surface area contributed by atoms with Gasteiger partial charge in [-0.15, -0.1) is 0 Å². The number of hydrogen-bond donors (Lipinski definition) is 1. The normalized spacial score (nSPS) is 11.8. The Morgan fingerprint density at radius 2 is 2.10 bits per heavy atom. The molecule has 1 atom stereocenters. The minimum atomic E-state index is -0.199. The smallest absolute Gasteiger partial charge is 0.251 e. The molecule has 1 N–H and O–H groups in total. The molecule has 1 amide bonds. The average molecular weight is 305 g/mol. The minimum absolute atomic E-state index is 0.181. The van der Waals surface area contributed by atoms with Crippen LogP contribution in [0.5, 0.6) is 5.75 Å². The zero-order chi connectivity index (χ0) is 15.4. The summed E-state index contributed by atoms with van der Waals surface area (Å²) in [5, 5.41) is 3.23. The van der Waals surface area contributed by atoms with Gasteiger partial charge in [0.05, 0.1) is 13.2 Å². The SMILES string of the molecule is COc1ccc(C)cc1[C@H](C)NC(=O)c1ccnc(Cl)c1. The number of amides is 1. The molecule has 0 aliphatic rings. The summed E-state index contributed by atoms with van der Waals surface area (Å²) in [6.07, 6.45) is 1.51. The van der Waals surface area contributed by atoms with Gasteiger partial charge in [-0.25, -0.2) is 4.98 Å². The summed E-state index contributed by atoms with van der Waals surface area (Å²) >= 11 is 5.80. The van der Waals surface area contributed by atoms with Crippen molar-refractivity contribution in [3.05, 3.63) is 58.4 Å². The van der Waals surface area contributed by atoms with Gasteiger partial charge in [0.1, 0.15) is 10.9 Å². The molecule has 0 bridgehead atoms. The quantitative estimate of drug-likeness (QED) is 0.879. The van der Waals surface area contributed by atoms with Crippen molar-refractivity contribution in [3.63, 3.8) is 0 Å². The zero-order valence-corrected chi connectivity index (χ0v) is 12.9. The van der Waals surface area contributed by atoms with Crippen molar-refractivity contribution in [2.75, 3.05) is 7.11 Å². The van der Waals surface area contributed by atoms with Crippen molar-refractivity contribution in [1.29, 1.82) is 0 Å². The molecule has 0 radical (unpaired) electrons. The van der Waals surface area contributed by atoms with Gasteiger partial charge in [0.15, 0.2) is 0 Å². The van der Waals surface area contributed by atoms with Gasteiger partial charge in [-0.3, -0.25) is 4.79 Å². The molecule has 0 fully saturated rings. The van der Waals surface area contributed by atoms with E-state index >= 15 is 0 Å². The highest BCUT2D eigenvalue weighted by molar-refractivity contribution is 6.29. The predicted octanol–water partition coefficient (Wildman–Crippen LogP) is 3.54. The van der Waals surface area contributed by atoms with E-state index in [1.807, 2.05) is 32.0 Å². The van der Waals surface area contributed by atoms with E-state index in [0.717, 1.165) is 16.9 Å². The summed E-state index contributed by atoms with van der Waals surface area (Å²) in [6.45, 7) is 3.91. The number of carbonyl (C=O) groups excluding carboxylic acids is 1. The molecule has 0 aliphatic carbocycles. The first kappa shape index (κ1) is 15.3. The summed E-state index contributed by atoms with van der Waals surface area (Å²) in [4.78, 5) is 16.1. The lowest BCUT2D eigenvalue weighted by molar-refractivity contribution is 0.0939. The topological polar surface area (TPSA) is 51.2 Å². The molecule has 2 aromatic rings. The number of ether oxygens (including phenoxy) is 1. The Hall–Kier alpha value is -2.07. The number of carbonyl (C=O) groups is 1. The fourth-order valence-electron chi connectivity index (χ4n) is 2.09. The van der Waals surface area contributed by atoms with Gasteiger partial charge < -0.3 is 10.1 Å². The Bertz CT molecular complexity index is 658. The van der Waals surface area contributed by atoms with Crippen LogP contribution in [-0.2, 0) is 0 Å². The highest BCUT2D eigenvalue weighted by atomic mass is 35.5. The Labute approximate surface area is 129 Å². The second kappa shape index (κ2) is 6.59. The third kappa shape index (κ3) is 3.73. The first-order valence-electron chi connectivity index (χ1n) is 6.58. The molecule has 0 spiro atoms. The van der Waals surface area contributed by atoms with E-state index < -0.39 is 0 Å². The summed E-state index contributed by atoms with van der Waals surface area (Å²) < 4.78 is 5.35. The maximum Gasteiger partial charge on any atom is 0.251 e. The Morgan fingerprint density at radius 3 is 2.76 bits per heavy atom. The number of methoxy groups -OCH3 is 1. The Morgan fingerprint density at radius 1 is 1.33 bits per heavy atom. The third-order valence-corrected chi connectivity index (χ3v) is 3.39. The first-order valence-corrected chi connectivity index (χ1v) is 6.96. The number of halogens is 1. The molecule has 0 saturated heterocycles. The lowest BCUT2D eigenvalue weighted by Gasteiger charge is -2.18. The van der Waals surface area contributed by atoms with Crippen LogP contribution in [0, 0.1) is 6.92 Å². The van der Waals surface area contributed by atoms with Gasteiger partial charge >= 0.3 is 0 Å². The van der Waals surface area contributed by atoms with Gasteiger partial charge in [-0.2, -0.15) is 0 Å². The van der Waals surface area contributed by atoms with Crippen molar-refractivity contribution in [1.82, 2.24) is 10.3 Å². The Kier molecular flexibility index (Phi) is 4.81. The Balaban J connectivity index is 2.20. The van der Waals surface area contributed by atoms with Gasteiger partial charge in [0.25, 0.3) is 5.91 Å². The number of aryl methyl sites for hydroxylation is 1. The molecule has 5 heteroatoms. The summed E-state index contributed by atoms with van der Waals surface area (Å²) in [5.74, 6) is 0.552. The summed E-state index contributed by atoms with van der Waals surface area (Å²) in [6, 6.07) is 8.86. The van der Waals surface area contributed by atoms with E-state index in [4.69, 9.17) is 16.3 Å². The maximum atomic E-state index is 12.2. The molecule has 0 saturated carbocycles. The van der Waals surface area contributed by atoms with Crippen LogP contribution in [-0.4, -0.2) is 18.0 Å². The summed E-state index contributed by atoms with van der Waals surface area (Å²) in [5.41, 5.74) is 2.53. The highest BCUT2D eigenvalue weighted by Gasteiger charge is 2.15. The van der Waals surface area contributed by atoms with Crippen LogP contribution in [0.4, 0.5) is 0 Å². The molecule has 1 aromatic carbocycles. The van der Waals surface area contributed by atoms with Crippen LogP contribution in [0.1, 0.15) is 34.5 Å². The number of benzene rings is 1. The van der Waals surface area contributed by atoms with Crippen molar-refractivity contribution in [3.8, 4) is 5.75 Å². The first-order chi connectivity index (χ1) is 10.0. The van der Waals surface area contributed by atoms with E-state index in [1.54, 1.807) is 13.2 Å². The fraction of sp³-hybridized carbons (Fsp3) is 0.250. The van der Waals surface area contributed by atoms with Crippen LogP contribution < -0.4 is 10.1 Å². The van der Waals surface area contributed by atoms with Gasteiger partial charge in [0.2, 0.25) is 0 Å². The molecule has 21 heavy (non-hydrogen) atoms. The van der Waals surface area contributed by atoms with Crippen molar-refractivity contribution >= 4 is 17.5 Å². The molecule has 4 nitrogen and oxygen atoms in total. The van der Waals surface area contributed by atoms with Gasteiger partial charge in [0, 0.05) is 17.3 Å². The molecule has 2 rings (SSSR count). The maximum absolute atomic E-state index is 12.2. The number of nitrogens with zero attached hydrogens (tertiary/aromatic N) is 1. The number of rotatable bonds is 4. The largest absolute Gasteiger partial charge is 0.496 e. The van der Waals surface area contributed by atoms with Crippen LogP contribution in [0.25, 0.3) is 0 Å². The fourth-order valence-corrected chi connectivity index (χ4v) is 2.27. The number of pyridine rings is 1. The molecule has 1 aromatic heterocycles. The predicted molar refractivity (Wildman–Crippen MR) is 82.9 cm³/mol. The second-order valence-corrected chi connectivity index (χ2v) is 5.20. The average Bonchev–Trinajstić information content (AvgIpc) is 2.47. The van der Waals surface area contributed by atoms with E-state index in [1.165, 1.54) is 12.3 Å². The van der Waals surface area contributed by atoms with Crippen molar-refractivity contribution < 1.29 is 9.53 Å². The van der Waals surface area contributed by atoms with Crippen molar-refractivity contribution in [2.24, 2.45) is 0 Å². The van der Waals surface area contributed by atoms with Crippen molar-refractivity contribution in [2.45, 2.75) is 19.9 Å². The van der Waals surface area contributed by atoms with E-state index in [-0.39, 0.29) is 11.9 Å². The monoisotopic (exact) mass is 304 g/mol. The lowest BCUT2D eigenvalue weighted by atomic mass is 10.0. The van der Waals surface area contributed by atoms with Gasteiger partial charge in [-0.05, 0) is 32.0 Å². The number of nitrogens with one attached hydrogen (secondary N) is 1. The molecule has 0 aliphatic heterocycles. The second-order valence-electron chi connectivity index (χ2n) is 4.81. The number of aromatic nitrogens is 1. The van der Waals surface area contributed by atoms with Crippen LogP contribution >= 0.6 is 11.6 Å². The standard InChI is InChI=1S/C16H17ClN2O2/c1-10-4-5-14(21-3)13(8-10)11(2)19-16(20)12-6-7-18-15(17)9-12/h4-9,11H,1-3H3,(H,19,20)/t11-/m0/s1. The molecule has 110 valence electrons. The molecular weight excluding hydrogens is 288 g/mol. The lowest BCUT2D eigenvalue weighted by Crippen LogP contribution is -2.27. The van der Waals surface area contributed by atoms with E-state index in [9.17, 15) is 4.79 Å². The minimum Gasteiger partial charge on any atom is -0.496 e. The third-order valence-electron chi connectivity index (χ3n) is 3.19. The summed E-state index contributed by atoms with van der Waals surface area (Å²) in [7, 11) is 1.62. The van der Waals surface area contributed by atoms with Gasteiger partial charge in [-0.1, -0.05) is 29.3 Å². The van der Waals surface area contributed by atoms with Crippen LogP contribution in [0.2, 0.25) is 5.15 Å². The molecule has 1 heterocycles. The van der Waals surface area contributed by atoms with E-state index in [2.05, 4.69) is 10.3 Å². The van der Waals surface area contributed by atoms with Crippen LogP contribution in [0.3, 0.4) is 0 Å². The number of hydrogen-bond acceptors (Lipinski definition) is 3. The van der Waals surface area contributed by atoms with E-state index in [0.29, 0.717) is 10.7 Å². The van der Waals surface area contributed by atoms with Crippen LogP contribution in [0.15, 0.2) is 36.5 Å². The zero-order valence-electron chi connectivity index (χ0n) is 12.2. The molecular formula is C16H17ClN2O2.